The maximum atomic E-state index is 12.5. The molecule has 0 bridgehead atoms. The van der Waals surface area contributed by atoms with E-state index in [1.54, 1.807) is 24.3 Å². The lowest BCUT2D eigenvalue weighted by atomic mass is 10.0. The van der Waals surface area contributed by atoms with Crippen molar-refractivity contribution in [1.82, 2.24) is 9.55 Å². The van der Waals surface area contributed by atoms with Crippen LogP contribution in [0.1, 0.15) is 23.1 Å². The Kier molecular flexibility index (Phi) is 4.43. The summed E-state index contributed by atoms with van der Waals surface area (Å²) in [5.41, 5.74) is 3.31. The van der Waals surface area contributed by atoms with Gasteiger partial charge in [-0.05, 0) is 54.7 Å². The number of rotatable bonds is 4. The zero-order valence-corrected chi connectivity index (χ0v) is 16.1. The summed E-state index contributed by atoms with van der Waals surface area (Å²) in [6.45, 7) is -0.332. The van der Waals surface area contributed by atoms with Gasteiger partial charge in [-0.3, -0.25) is 14.2 Å². The Bertz CT molecular complexity index is 1420. The number of carbonyl (C=O) groups excluding carboxylic acids is 1. The quantitative estimate of drug-likeness (QED) is 0.385. The maximum absolute atomic E-state index is 12.5. The van der Waals surface area contributed by atoms with Gasteiger partial charge >= 0.3 is 11.6 Å². The van der Waals surface area contributed by atoms with E-state index in [2.05, 4.69) is 4.98 Å². The van der Waals surface area contributed by atoms with Crippen molar-refractivity contribution < 1.29 is 13.9 Å². The number of para-hydroxylation sites is 1. The largest absolute Gasteiger partial charge is 0.459 e. The summed E-state index contributed by atoms with van der Waals surface area (Å²) in [4.78, 5) is 41.0. The van der Waals surface area contributed by atoms with E-state index in [1.165, 1.54) is 28.1 Å². The number of hydrogen-bond donors (Lipinski definition) is 0. The first-order valence-electron chi connectivity index (χ1n) is 9.77. The highest BCUT2D eigenvalue weighted by Crippen LogP contribution is 2.28. The number of fused-ring (bicyclic) bond motifs is 3. The third-order valence-electron chi connectivity index (χ3n) is 5.46. The second-order valence-electron chi connectivity index (χ2n) is 7.42. The predicted molar refractivity (Wildman–Crippen MR) is 110 cm³/mol. The average molecular weight is 402 g/mol. The Morgan fingerprint density at radius 2 is 1.87 bits per heavy atom. The number of esters is 1. The van der Waals surface area contributed by atoms with Crippen molar-refractivity contribution in [3.63, 3.8) is 0 Å². The van der Waals surface area contributed by atoms with Crippen LogP contribution in [0, 0.1) is 0 Å². The Morgan fingerprint density at radius 1 is 1.07 bits per heavy atom. The SMILES string of the molecule is O=C(Cn1cnc2ccccc2c1=O)OCc1cc(=O)oc2cc3c(cc12)CCC3. The van der Waals surface area contributed by atoms with E-state index in [1.807, 2.05) is 12.1 Å². The minimum atomic E-state index is -0.586. The van der Waals surface area contributed by atoms with E-state index in [4.69, 9.17) is 9.15 Å². The number of aromatic nitrogens is 2. The molecule has 4 aromatic rings. The summed E-state index contributed by atoms with van der Waals surface area (Å²) in [6, 6.07) is 12.2. The highest BCUT2D eigenvalue weighted by atomic mass is 16.5. The van der Waals surface area contributed by atoms with E-state index >= 15 is 0 Å². The smallest absolute Gasteiger partial charge is 0.336 e. The van der Waals surface area contributed by atoms with Gasteiger partial charge < -0.3 is 9.15 Å². The van der Waals surface area contributed by atoms with Gasteiger partial charge in [-0.25, -0.2) is 9.78 Å². The topological polar surface area (TPSA) is 91.4 Å². The van der Waals surface area contributed by atoms with Crippen LogP contribution in [0.5, 0.6) is 0 Å². The molecule has 0 fully saturated rings. The molecule has 0 unspecified atom stereocenters. The van der Waals surface area contributed by atoms with E-state index < -0.39 is 11.6 Å². The van der Waals surface area contributed by atoms with Crippen molar-refractivity contribution in [3.05, 3.63) is 86.3 Å². The van der Waals surface area contributed by atoms with Crippen molar-refractivity contribution in [2.45, 2.75) is 32.4 Å². The van der Waals surface area contributed by atoms with E-state index in [9.17, 15) is 14.4 Å². The molecule has 1 aliphatic carbocycles. The molecular weight excluding hydrogens is 384 g/mol. The molecule has 2 aromatic carbocycles. The van der Waals surface area contributed by atoms with Crippen LogP contribution in [-0.2, 0) is 35.5 Å². The van der Waals surface area contributed by atoms with Crippen LogP contribution in [0.15, 0.2) is 62.8 Å². The summed E-state index contributed by atoms with van der Waals surface area (Å²) >= 11 is 0. The van der Waals surface area contributed by atoms with Gasteiger partial charge in [0.25, 0.3) is 5.56 Å². The molecule has 30 heavy (non-hydrogen) atoms. The standard InChI is InChI=1S/C23H18N2O5/c26-21-10-16(18-8-14-4-3-5-15(14)9-20(18)30-21)12-29-22(27)11-25-13-24-19-7-2-1-6-17(19)23(25)28/h1-2,6-10,13H,3-5,11-12H2. The monoisotopic (exact) mass is 402 g/mol. The number of aryl methyl sites for hydroxylation is 2. The zero-order valence-electron chi connectivity index (χ0n) is 16.1. The second-order valence-corrected chi connectivity index (χ2v) is 7.42. The van der Waals surface area contributed by atoms with E-state index in [0.29, 0.717) is 22.0 Å². The van der Waals surface area contributed by atoms with Gasteiger partial charge in [0.1, 0.15) is 18.7 Å². The normalized spacial score (nSPS) is 12.9. The fraction of sp³-hybridized carbons (Fsp3) is 0.217. The van der Waals surface area contributed by atoms with E-state index in [-0.39, 0.29) is 18.7 Å². The molecule has 0 saturated heterocycles. The fourth-order valence-electron chi connectivity index (χ4n) is 3.98. The number of benzene rings is 2. The van der Waals surface area contributed by atoms with Crippen LogP contribution in [0.25, 0.3) is 21.9 Å². The molecule has 0 amide bonds. The molecule has 0 radical (unpaired) electrons. The molecule has 0 aliphatic heterocycles. The van der Waals surface area contributed by atoms with Crippen molar-refractivity contribution in [1.29, 1.82) is 0 Å². The fourth-order valence-corrected chi connectivity index (χ4v) is 3.98. The molecule has 1 aliphatic rings. The molecular formula is C23H18N2O5. The van der Waals surface area contributed by atoms with Crippen LogP contribution < -0.4 is 11.2 Å². The number of ether oxygens (including phenoxy) is 1. The summed E-state index contributed by atoms with van der Waals surface area (Å²) < 4.78 is 11.9. The minimum absolute atomic E-state index is 0.0739. The Balaban J connectivity index is 1.38. The average Bonchev–Trinajstić information content (AvgIpc) is 3.20. The van der Waals surface area contributed by atoms with Crippen LogP contribution in [0.2, 0.25) is 0 Å². The molecule has 0 saturated carbocycles. The zero-order chi connectivity index (χ0) is 20.7. The van der Waals surface area contributed by atoms with Crippen molar-refractivity contribution in [3.8, 4) is 0 Å². The molecule has 7 nitrogen and oxygen atoms in total. The molecule has 150 valence electrons. The lowest BCUT2D eigenvalue weighted by Crippen LogP contribution is -2.25. The highest BCUT2D eigenvalue weighted by molar-refractivity contribution is 5.82. The van der Waals surface area contributed by atoms with Crippen molar-refractivity contribution in [2.75, 3.05) is 0 Å². The summed E-state index contributed by atoms with van der Waals surface area (Å²) in [5, 5.41) is 1.21. The molecule has 0 spiro atoms. The Morgan fingerprint density at radius 3 is 2.73 bits per heavy atom. The highest BCUT2D eigenvalue weighted by Gasteiger charge is 2.16. The maximum Gasteiger partial charge on any atom is 0.336 e. The van der Waals surface area contributed by atoms with E-state index in [0.717, 1.165) is 24.6 Å². The molecule has 7 heteroatoms. The number of hydrogen-bond acceptors (Lipinski definition) is 6. The summed E-state index contributed by atoms with van der Waals surface area (Å²) in [6.07, 6.45) is 4.38. The molecule has 2 aromatic heterocycles. The third-order valence-corrected chi connectivity index (χ3v) is 5.46. The van der Waals surface area contributed by atoms with Crippen LogP contribution >= 0.6 is 0 Å². The second kappa shape index (κ2) is 7.26. The first-order chi connectivity index (χ1) is 14.6. The van der Waals surface area contributed by atoms with Gasteiger partial charge in [-0.2, -0.15) is 0 Å². The molecule has 5 rings (SSSR count). The van der Waals surface area contributed by atoms with Gasteiger partial charge in [0.15, 0.2) is 0 Å². The molecule has 2 heterocycles. The molecule has 0 N–H and O–H groups in total. The lowest BCUT2D eigenvalue weighted by molar-refractivity contribution is -0.145. The Hall–Kier alpha value is -3.74. The Labute approximate surface area is 170 Å². The van der Waals surface area contributed by atoms with Gasteiger partial charge in [0.2, 0.25) is 0 Å². The first-order valence-corrected chi connectivity index (χ1v) is 9.77. The predicted octanol–water partition coefficient (Wildman–Crippen LogP) is 2.74. The number of carbonyl (C=O) groups is 1. The van der Waals surface area contributed by atoms with Gasteiger partial charge in [-0.1, -0.05) is 12.1 Å². The number of nitrogens with zero attached hydrogens (tertiary/aromatic N) is 2. The van der Waals surface area contributed by atoms with Crippen molar-refractivity contribution >= 4 is 27.8 Å². The van der Waals surface area contributed by atoms with Gasteiger partial charge in [0, 0.05) is 17.0 Å². The van der Waals surface area contributed by atoms with Gasteiger partial charge in [-0.15, -0.1) is 0 Å². The van der Waals surface area contributed by atoms with Crippen molar-refractivity contribution in [2.24, 2.45) is 0 Å². The van der Waals surface area contributed by atoms with Crippen LogP contribution in [0.3, 0.4) is 0 Å². The third kappa shape index (κ3) is 3.28. The summed E-state index contributed by atoms with van der Waals surface area (Å²) in [7, 11) is 0. The summed E-state index contributed by atoms with van der Waals surface area (Å²) in [5.74, 6) is -0.586. The van der Waals surface area contributed by atoms with Crippen LogP contribution in [0.4, 0.5) is 0 Å². The van der Waals surface area contributed by atoms with Gasteiger partial charge in [0.05, 0.1) is 17.2 Å². The molecule has 0 atom stereocenters. The van der Waals surface area contributed by atoms with Crippen LogP contribution in [-0.4, -0.2) is 15.5 Å². The lowest BCUT2D eigenvalue weighted by Gasteiger charge is -2.10. The minimum Gasteiger partial charge on any atom is -0.459 e. The first kappa shape index (κ1) is 18.3.